The van der Waals surface area contributed by atoms with Crippen LogP contribution in [-0.4, -0.2) is 40.7 Å². The Hall–Kier alpha value is -3.89. The number of anilines is 1. The van der Waals surface area contributed by atoms with Crippen molar-refractivity contribution in [2.24, 2.45) is 0 Å². The van der Waals surface area contributed by atoms with Gasteiger partial charge in [-0.15, -0.1) is 0 Å². The number of likely N-dealkylation sites (tertiary alicyclic amines) is 1. The number of hydrogen-bond donors (Lipinski definition) is 1. The molecule has 1 saturated heterocycles. The average molecular weight is 457 g/mol. The molecule has 3 aromatic rings. The van der Waals surface area contributed by atoms with Crippen LogP contribution in [0, 0.1) is 11.3 Å². The molecule has 2 heterocycles. The second-order valence-electron chi connectivity index (χ2n) is 8.59. The summed E-state index contributed by atoms with van der Waals surface area (Å²) < 4.78 is 5.52. The summed E-state index contributed by atoms with van der Waals surface area (Å²) in [7, 11) is 0. The van der Waals surface area contributed by atoms with Gasteiger partial charge in [-0.05, 0) is 61.7 Å². The minimum absolute atomic E-state index is 0.0452. The second kappa shape index (κ2) is 10.8. The van der Waals surface area contributed by atoms with Crippen LogP contribution in [0.2, 0.25) is 0 Å². The van der Waals surface area contributed by atoms with Crippen molar-refractivity contribution < 1.29 is 14.0 Å². The van der Waals surface area contributed by atoms with Gasteiger partial charge in [-0.1, -0.05) is 24.3 Å². The van der Waals surface area contributed by atoms with Crippen molar-refractivity contribution >= 4 is 17.5 Å². The van der Waals surface area contributed by atoms with Crippen molar-refractivity contribution in [2.45, 2.75) is 38.9 Å². The van der Waals surface area contributed by atoms with Gasteiger partial charge in [0.15, 0.2) is 5.78 Å². The predicted molar refractivity (Wildman–Crippen MR) is 129 cm³/mol. The molecule has 0 spiro atoms. The molecule has 0 radical (unpaired) electrons. The van der Waals surface area contributed by atoms with Gasteiger partial charge in [-0.2, -0.15) is 5.26 Å². The van der Waals surface area contributed by atoms with Crippen molar-refractivity contribution in [2.75, 3.05) is 18.4 Å². The molecule has 0 atom stereocenters. The van der Waals surface area contributed by atoms with Gasteiger partial charge in [0.1, 0.15) is 5.76 Å². The fourth-order valence-corrected chi connectivity index (χ4v) is 4.33. The Labute approximate surface area is 199 Å². The topological polar surface area (TPSA) is 89.6 Å². The van der Waals surface area contributed by atoms with Gasteiger partial charge >= 0.3 is 6.03 Å². The third kappa shape index (κ3) is 5.91. The molecular weight excluding hydrogens is 428 g/mol. The van der Waals surface area contributed by atoms with E-state index in [1.54, 1.807) is 30.5 Å². The van der Waals surface area contributed by atoms with Crippen LogP contribution in [0.5, 0.6) is 0 Å². The molecule has 2 amide bonds. The number of carbonyl (C=O) groups is 2. The zero-order chi connectivity index (χ0) is 23.9. The molecular formula is C27H28N4O3. The number of urea groups is 1. The molecule has 2 aromatic carbocycles. The molecule has 34 heavy (non-hydrogen) atoms. The third-order valence-corrected chi connectivity index (χ3v) is 6.15. The largest absolute Gasteiger partial charge is 0.467 e. The quantitative estimate of drug-likeness (QED) is 0.503. The number of benzene rings is 2. The maximum absolute atomic E-state index is 13.3. The maximum Gasteiger partial charge on any atom is 0.322 e. The summed E-state index contributed by atoms with van der Waals surface area (Å²) in [6, 6.07) is 20.4. The summed E-state index contributed by atoms with van der Waals surface area (Å²) in [5, 5.41) is 12.1. The van der Waals surface area contributed by atoms with E-state index in [0.717, 1.165) is 43.8 Å². The fraction of sp³-hybridized carbons (Fsp3) is 0.296. The van der Waals surface area contributed by atoms with Gasteiger partial charge < -0.3 is 14.6 Å². The maximum atomic E-state index is 13.3. The van der Waals surface area contributed by atoms with Gasteiger partial charge in [-0.25, -0.2) is 4.79 Å². The first kappa shape index (κ1) is 23.3. The number of carbonyl (C=O) groups excluding carboxylic acids is 2. The average Bonchev–Trinajstić information content (AvgIpc) is 3.37. The van der Waals surface area contributed by atoms with E-state index in [0.29, 0.717) is 23.4 Å². The lowest BCUT2D eigenvalue weighted by Crippen LogP contribution is -2.48. The Morgan fingerprint density at radius 2 is 1.91 bits per heavy atom. The zero-order valence-electron chi connectivity index (χ0n) is 19.2. The van der Waals surface area contributed by atoms with E-state index in [9.17, 15) is 9.59 Å². The highest BCUT2D eigenvalue weighted by atomic mass is 16.3. The molecule has 0 bridgehead atoms. The van der Waals surface area contributed by atoms with Crippen LogP contribution in [0.1, 0.15) is 47.0 Å². The van der Waals surface area contributed by atoms with E-state index < -0.39 is 0 Å². The molecule has 0 aliphatic carbocycles. The second-order valence-corrected chi connectivity index (χ2v) is 8.59. The number of furan rings is 1. The van der Waals surface area contributed by atoms with E-state index in [2.05, 4.69) is 16.3 Å². The Morgan fingerprint density at radius 1 is 1.12 bits per heavy atom. The van der Waals surface area contributed by atoms with Crippen molar-refractivity contribution in [3.05, 3.63) is 89.4 Å². The van der Waals surface area contributed by atoms with E-state index >= 15 is 0 Å². The lowest BCUT2D eigenvalue weighted by molar-refractivity contribution is 0.101. The smallest absolute Gasteiger partial charge is 0.322 e. The summed E-state index contributed by atoms with van der Waals surface area (Å²) in [4.78, 5) is 29.2. The molecule has 0 saturated carbocycles. The molecule has 4 rings (SSSR count). The number of nitrogens with one attached hydrogen (secondary N) is 1. The van der Waals surface area contributed by atoms with Crippen molar-refractivity contribution in [3.8, 4) is 6.07 Å². The molecule has 1 aliphatic rings. The monoisotopic (exact) mass is 456 g/mol. The first-order valence-corrected chi connectivity index (χ1v) is 11.4. The number of rotatable bonds is 7. The summed E-state index contributed by atoms with van der Waals surface area (Å²) in [5.41, 5.74) is 2.94. The van der Waals surface area contributed by atoms with Crippen LogP contribution in [-0.2, 0) is 13.1 Å². The van der Waals surface area contributed by atoms with Crippen molar-refractivity contribution in [1.82, 2.24) is 9.80 Å². The lowest BCUT2D eigenvalue weighted by atomic mass is 10.0. The van der Waals surface area contributed by atoms with E-state index in [1.165, 1.54) is 6.92 Å². The SMILES string of the molecule is CC(=O)c1cccc(NC(=O)N(Cc2ccco2)C2CCN(Cc3cccc(C#N)c3)CC2)c1. The molecule has 1 N–H and O–H groups in total. The fourth-order valence-electron chi connectivity index (χ4n) is 4.33. The first-order valence-electron chi connectivity index (χ1n) is 11.4. The van der Waals surface area contributed by atoms with Crippen LogP contribution < -0.4 is 5.32 Å². The van der Waals surface area contributed by atoms with Gasteiger partial charge in [0.05, 0.1) is 24.4 Å². The molecule has 1 aliphatic heterocycles. The van der Waals surface area contributed by atoms with Crippen LogP contribution in [0.3, 0.4) is 0 Å². The molecule has 1 fully saturated rings. The highest BCUT2D eigenvalue weighted by molar-refractivity contribution is 5.96. The molecule has 7 nitrogen and oxygen atoms in total. The molecule has 0 unspecified atom stereocenters. The van der Waals surface area contributed by atoms with Crippen LogP contribution in [0.25, 0.3) is 0 Å². The molecule has 1 aromatic heterocycles. The number of amides is 2. The van der Waals surface area contributed by atoms with E-state index in [-0.39, 0.29) is 17.9 Å². The Morgan fingerprint density at radius 3 is 2.62 bits per heavy atom. The standard InChI is InChI=1S/C27H28N4O3/c1-20(32)23-7-3-8-24(16-23)29-27(33)31(19-26-9-4-14-34-26)25-10-12-30(13-11-25)18-22-6-2-5-21(15-22)17-28/h2-9,14-16,25H,10-13,18-19H2,1H3,(H,29,33). The van der Waals surface area contributed by atoms with Gasteiger partial charge in [0, 0.05) is 36.9 Å². The predicted octanol–water partition coefficient (Wildman–Crippen LogP) is 5.05. The van der Waals surface area contributed by atoms with Crippen molar-refractivity contribution in [3.63, 3.8) is 0 Å². The number of ketones is 1. The lowest BCUT2D eigenvalue weighted by Gasteiger charge is -2.38. The summed E-state index contributed by atoms with van der Waals surface area (Å²) in [5.74, 6) is 0.680. The van der Waals surface area contributed by atoms with Gasteiger partial charge in [0.2, 0.25) is 0 Å². The van der Waals surface area contributed by atoms with E-state index in [4.69, 9.17) is 9.68 Å². The zero-order valence-corrected chi connectivity index (χ0v) is 19.2. The minimum atomic E-state index is -0.211. The normalized spacial score (nSPS) is 14.4. The minimum Gasteiger partial charge on any atom is -0.467 e. The number of nitrogens with zero attached hydrogens (tertiary/aromatic N) is 3. The molecule has 174 valence electrons. The number of nitriles is 1. The summed E-state index contributed by atoms with van der Waals surface area (Å²) >= 11 is 0. The van der Waals surface area contributed by atoms with Crippen LogP contribution in [0.15, 0.2) is 71.3 Å². The Bertz CT molecular complexity index is 1170. The number of Topliss-reactive ketones (excluding diaryl/α,β-unsaturated/α-hetero) is 1. The molecule has 7 heteroatoms. The third-order valence-electron chi connectivity index (χ3n) is 6.15. The van der Waals surface area contributed by atoms with Crippen LogP contribution >= 0.6 is 0 Å². The summed E-state index contributed by atoms with van der Waals surface area (Å²) in [6.45, 7) is 4.37. The van der Waals surface area contributed by atoms with Gasteiger partial charge in [-0.3, -0.25) is 9.69 Å². The van der Waals surface area contributed by atoms with Crippen LogP contribution in [0.4, 0.5) is 10.5 Å². The number of piperidine rings is 1. The van der Waals surface area contributed by atoms with Gasteiger partial charge in [0.25, 0.3) is 0 Å². The van der Waals surface area contributed by atoms with Crippen molar-refractivity contribution in [1.29, 1.82) is 5.26 Å². The highest BCUT2D eigenvalue weighted by Crippen LogP contribution is 2.23. The Balaban J connectivity index is 1.43. The first-order chi connectivity index (χ1) is 16.5. The Kier molecular flexibility index (Phi) is 7.41. The van der Waals surface area contributed by atoms with E-state index in [1.807, 2.05) is 41.3 Å². The number of hydrogen-bond acceptors (Lipinski definition) is 5. The highest BCUT2D eigenvalue weighted by Gasteiger charge is 2.29. The summed E-state index contributed by atoms with van der Waals surface area (Å²) in [6.07, 6.45) is 3.28.